The number of hydrogen-bond donors (Lipinski definition) is 0. The van der Waals surface area contributed by atoms with Crippen LogP contribution in [-0.2, 0) is 9.53 Å². The fourth-order valence-corrected chi connectivity index (χ4v) is 2.44. The van der Waals surface area contributed by atoms with Crippen molar-refractivity contribution in [2.75, 3.05) is 18.1 Å². The first-order valence-electron chi connectivity index (χ1n) is 6.71. The summed E-state index contributed by atoms with van der Waals surface area (Å²) in [7, 11) is 0. The molecule has 0 saturated heterocycles. The number of benzene rings is 2. The lowest BCUT2D eigenvalue weighted by molar-refractivity contribution is -0.137. The van der Waals surface area contributed by atoms with Crippen LogP contribution in [0.5, 0.6) is 0 Å². The second-order valence-electron chi connectivity index (χ2n) is 4.27. The number of thioether (sulfide) groups is 1. The monoisotopic (exact) mass is 286 g/mol. The van der Waals surface area contributed by atoms with Crippen molar-refractivity contribution in [2.45, 2.75) is 6.92 Å². The second-order valence-corrected chi connectivity index (χ2v) is 5.66. The van der Waals surface area contributed by atoms with E-state index in [4.69, 9.17) is 4.74 Å². The van der Waals surface area contributed by atoms with Gasteiger partial charge in [0.05, 0.1) is 0 Å². The number of fused-ring (bicyclic) bond motifs is 1. The maximum absolute atomic E-state index is 11.6. The van der Waals surface area contributed by atoms with E-state index in [1.54, 1.807) is 11.8 Å². The third kappa shape index (κ3) is 4.14. The number of hydrogen-bond acceptors (Lipinski definition) is 3. The van der Waals surface area contributed by atoms with E-state index in [2.05, 4.69) is 25.1 Å². The zero-order valence-electron chi connectivity index (χ0n) is 11.5. The van der Waals surface area contributed by atoms with Crippen molar-refractivity contribution in [3.05, 3.63) is 54.1 Å². The van der Waals surface area contributed by atoms with Crippen LogP contribution in [0.4, 0.5) is 0 Å². The van der Waals surface area contributed by atoms with E-state index in [1.807, 2.05) is 30.3 Å². The molecule has 0 radical (unpaired) electrons. The Morgan fingerprint density at radius 2 is 2.00 bits per heavy atom. The summed E-state index contributed by atoms with van der Waals surface area (Å²) in [5.74, 6) is 1.61. The highest BCUT2D eigenvalue weighted by molar-refractivity contribution is 7.99. The minimum atomic E-state index is -0.283. The molecule has 0 unspecified atom stereocenters. The molecule has 0 atom stereocenters. The van der Waals surface area contributed by atoms with E-state index in [0.717, 1.165) is 22.5 Å². The summed E-state index contributed by atoms with van der Waals surface area (Å²) < 4.78 is 5.13. The molecule has 2 rings (SSSR count). The van der Waals surface area contributed by atoms with Crippen LogP contribution >= 0.6 is 11.8 Å². The molecule has 0 aliphatic heterocycles. The summed E-state index contributed by atoms with van der Waals surface area (Å²) in [6.45, 7) is 2.56. The van der Waals surface area contributed by atoms with Crippen molar-refractivity contribution in [1.29, 1.82) is 0 Å². The van der Waals surface area contributed by atoms with Gasteiger partial charge in [-0.3, -0.25) is 0 Å². The zero-order chi connectivity index (χ0) is 14.2. The maximum Gasteiger partial charge on any atom is 0.330 e. The molecule has 0 aliphatic carbocycles. The molecule has 0 bridgehead atoms. The molecule has 0 aromatic heterocycles. The van der Waals surface area contributed by atoms with Crippen molar-refractivity contribution in [3.8, 4) is 0 Å². The topological polar surface area (TPSA) is 26.3 Å². The van der Waals surface area contributed by atoms with E-state index < -0.39 is 0 Å². The van der Waals surface area contributed by atoms with Gasteiger partial charge in [-0.15, -0.1) is 0 Å². The van der Waals surface area contributed by atoms with E-state index in [0.29, 0.717) is 6.61 Å². The SMILES string of the molecule is CCSCCOC(=O)C=Cc1cccc2ccccc12. The molecule has 0 spiro atoms. The van der Waals surface area contributed by atoms with Crippen molar-refractivity contribution in [1.82, 2.24) is 0 Å². The van der Waals surface area contributed by atoms with Crippen LogP contribution < -0.4 is 0 Å². The van der Waals surface area contributed by atoms with E-state index in [-0.39, 0.29) is 5.97 Å². The first-order chi connectivity index (χ1) is 9.81. The maximum atomic E-state index is 11.6. The van der Waals surface area contributed by atoms with Gasteiger partial charge in [-0.1, -0.05) is 49.4 Å². The zero-order valence-corrected chi connectivity index (χ0v) is 12.4. The van der Waals surface area contributed by atoms with Crippen molar-refractivity contribution >= 4 is 34.6 Å². The Morgan fingerprint density at radius 3 is 2.85 bits per heavy atom. The van der Waals surface area contributed by atoms with Crippen LogP contribution in [0.15, 0.2) is 48.5 Å². The number of carbonyl (C=O) groups is 1. The molecule has 0 amide bonds. The Labute approximate surface area is 123 Å². The molecule has 0 fully saturated rings. The predicted octanol–water partition coefficient (Wildman–Crippen LogP) is 4.15. The summed E-state index contributed by atoms with van der Waals surface area (Å²) in [5, 5.41) is 2.31. The molecule has 0 saturated carbocycles. The Hall–Kier alpha value is -1.74. The van der Waals surface area contributed by atoms with E-state index in [9.17, 15) is 4.79 Å². The van der Waals surface area contributed by atoms with Gasteiger partial charge in [-0.2, -0.15) is 11.8 Å². The summed E-state index contributed by atoms with van der Waals surface area (Å²) in [4.78, 5) is 11.6. The van der Waals surface area contributed by atoms with Gasteiger partial charge in [0.1, 0.15) is 6.61 Å². The second kappa shape index (κ2) is 7.75. The molecule has 2 nitrogen and oxygen atoms in total. The third-order valence-electron chi connectivity index (χ3n) is 2.90. The first kappa shape index (κ1) is 14.7. The summed E-state index contributed by atoms with van der Waals surface area (Å²) in [6, 6.07) is 14.2. The van der Waals surface area contributed by atoms with Gasteiger partial charge in [0, 0.05) is 11.8 Å². The van der Waals surface area contributed by atoms with Gasteiger partial charge in [-0.05, 0) is 28.2 Å². The Kier molecular flexibility index (Phi) is 5.69. The summed E-state index contributed by atoms with van der Waals surface area (Å²) in [6.07, 6.45) is 3.32. The molecule has 0 aliphatic rings. The van der Waals surface area contributed by atoms with E-state index in [1.165, 1.54) is 11.5 Å². The smallest absolute Gasteiger partial charge is 0.330 e. The summed E-state index contributed by atoms with van der Waals surface area (Å²) >= 11 is 1.77. The minimum absolute atomic E-state index is 0.283. The van der Waals surface area contributed by atoms with Gasteiger partial charge in [-0.25, -0.2) is 4.79 Å². The van der Waals surface area contributed by atoms with Gasteiger partial charge in [0.2, 0.25) is 0 Å². The molecule has 2 aromatic carbocycles. The predicted molar refractivity (Wildman–Crippen MR) is 86.9 cm³/mol. The van der Waals surface area contributed by atoms with Gasteiger partial charge < -0.3 is 4.74 Å². The molecule has 20 heavy (non-hydrogen) atoms. The average molecular weight is 286 g/mol. The minimum Gasteiger partial charge on any atom is -0.462 e. The highest BCUT2D eigenvalue weighted by atomic mass is 32.2. The molecule has 0 N–H and O–H groups in total. The van der Waals surface area contributed by atoms with Gasteiger partial charge in [0.15, 0.2) is 0 Å². The fraction of sp³-hybridized carbons (Fsp3) is 0.235. The van der Waals surface area contributed by atoms with Crippen molar-refractivity contribution < 1.29 is 9.53 Å². The van der Waals surface area contributed by atoms with Crippen LogP contribution in [0.25, 0.3) is 16.8 Å². The normalized spacial score (nSPS) is 11.1. The average Bonchev–Trinajstić information content (AvgIpc) is 2.49. The Morgan fingerprint density at radius 1 is 1.20 bits per heavy atom. The fourth-order valence-electron chi connectivity index (χ4n) is 1.95. The third-order valence-corrected chi connectivity index (χ3v) is 3.76. The standard InChI is InChI=1S/C17H18O2S/c1-2-20-13-12-19-17(18)11-10-15-8-5-7-14-6-3-4-9-16(14)15/h3-11H,2,12-13H2,1H3. The molecular weight excluding hydrogens is 268 g/mol. The van der Waals surface area contributed by atoms with Crippen LogP contribution in [-0.4, -0.2) is 24.1 Å². The number of esters is 1. The molecular formula is C17H18O2S. The Balaban J connectivity index is 2.01. The highest BCUT2D eigenvalue weighted by Gasteiger charge is 1.99. The lowest BCUT2D eigenvalue weighted by Gasteiger charge is -2.02. The van der Waals surface area contributed by atoms with Crippen molar-refractivity contribution in [3.63, 3.8) is 0 Å². The molecule has 3 heteroatoms. The molecule has 2 aromatic rings. The molecule has 0 heterocycles. The number of rotatable bonds is 6. The van der Waals surface area contributed by atoms with Crippen LogP contribution in [0.3, 0.4) is 0 Å². The number of ether oxygens (including phenoxy) is 1. The lowest BCUT2D eigenvalue weighted by Crippen LogP contribution is -2.04. The molecule has 104 valence electrons. The quantitative estimate of drug-likeness (QED) is 0.453. The van der Waals surface area contributed by atoms with Crippen LogP contribution in [0.2, 0.25) is 0 Å². The Bertz CT molecular complexity index is 599. The lowest BCUT2D eigenvalue weighted by atomic mass is 10.0. The highest BCUT2D eigenvalue weighted by Crippen LogP contribution is 2.19. The van der Waals surface area contributed by atoms with Crippen LogP contribution in [0, 0.1) is 0 Å². The largest absolute Gasteiger partial charge is 0.462 e. The van der Waals surface area contributed by atoms with E-state index >= 15 is 0 Å². The van der Waals surface area contributed by atoms with Gasteiger partial charge in [0.25, 0.3) is 0 Å². The number of carbonyl (C=O) groups excluding carboxylic acids is 1. The first-order valence-corrected chi connectivity index (χ1v) is 7.87. The van der Waals surface area contributed by atoms with Gasteiger partial charge >= 0.3 is 5.97 Å². The van der Waals surface area contributed by atoms with Crippen molar-refractivity contribution in [2.24, 2.45) is 0 Å². The summed E-state index contributed by atoms with van der Waals surface area (Å²) in [5.41, 5.74) is 1.03. The van der Waals surface area contributed by atoms with Crippen LogP contribution in [0.1, 0.15) is 12.5 Å².